The molecule has 1 rings (SSSR count). The van der Waals surface area contributed by atoms with E-state index in [1.54, 1.807) is 6.92 Å². The highest BCUT2D eigenvalue weighted by Crippen LogP contribution is 2.23. The van der Waals surface area contributed by atoms with Gasteiger partial charge in [-0.2, -0.15) is 0 Å². The fourth-order valence-corrected chi connectivity index (χ4v) is 1.66. The Morgan fingerprint density at radius 3 is 2.67 bits per heavy atom. The smallest absolute Gasteiger partial charge is 0.258 e. The average molecular weight is 250 g/mol. The third kappa shape index (κ3) is 4.04. The topological polar surface area (TPSA) is 78.3 Å². The summed E-state index contributed by atoms with van der Waals surface area (Å²) >= 11 is 0. The lowest BCUT2D eigenvalue weighted by molar-refractivity contribution is -0.124. The van der Waals surface area contributed by atoms with Crippen LogP contribution in [-0.4, -0.2) is 18.1 Å². The Morgan fingerprint density at radius 2 is 2.11 bits per heavy atom. The van der Waals surface area contributed by atoms with Gasteiger partial charge in [0.15, 0.2) is 6.10 Å². The molecule has 4 nitrogen and oxygen atoms in total. The summed E-state index contributed by atoms with van der Waals surface area (Å²) in [4.78, 5) is 11.0. The average Bonchev–Trinajstić information content (AvgIpc) is 2.32. The Labute approximate surface area is 108 Å². The van der Waals surface area contributed by atoms with E-state index in [2.05, 4.69) is 0 Å². The van der Waals surface area contributed by atoms with E-state index < -0.39 is 12.0 Å². The minimum Gasteiger partial charge on any atom is -0.481 e. The molecule has 0 aliphatic heterocycles. The monoisotopic (exact) mass is 250 g/mol. The zero-order chi connectivity index (χ0) is 13.7. The minimum atomic E-state index is -0.635. The summed E-state index contributed by atoms with van der Waals surface area (Å²) < 4.78 is 5.58. The van der Waals surface area contributed by atoms with Crippen LogP contribution in [0.5, 0.6) is 5.75 Å². The van der Waals surface area contributed by atoms with E-state index >= 15 is 0 Å². The van der Waals surface area contributed by atoms with Crippen LogP contribution in [0.4, 0.5) is 0 Å². The van der Waals surface area contributed by atoms with Crippen molar-refractivity contribution in [2.45, 2.75) is 45.8 Å². The van der Waals surface area contributed by atoms with Gasteiger partial charge in [-0.3, -0.25) is 4.79 Å². The van der Waals surface area contributed by atoms with Gasteiger partial charge in [-0.25, -0.2) is 0 Å². The first-order valence-corrected chi connectivity index (χ1v) is 6.25. The number of ether oxygens (including phenoxy) is 1. The second-order valence-electron chi connectivity index (χ2n) is 4.65. The van der Waals surface area contributed by atoms with Crippen molar-refractivity contribution in [1.82, 2.24) is 0 Å². The Balaban J connectivity index is 2.92. The molecule has 0 aromatic heterocycles. The van der Waals surface area contributed by atoms with E-state index in [4.69, 9.17) is 16.2 Å². The molecule has 4 heteroatoms. The Bertz CT molecular complexity index is 418. The zero-order valence-electron chi connectivity index (χ0n) is 11.3. The first kappa shape index (κ1) is 14.5. The lowest BCUT2D eigenvalue weighted by Crippen LogP contribution is -2.31. The van der Waals surface area contributed by atoms with Crippen molar-refractivity contribution in [1.29, 1.82) is 0 Å². The molecule has 1 amide bonds. The Kier molecular flexibility index (Phi) is 5.16. The molecular formula is C14H22N2O2. The number of rotatable bonds is 6. The molecule has 2 unspecified atom stereocenters. The summed E-state index contributed by atoms with van der Waals surface area (Å²) in [6.45, 7) is 5.71. The van der Waals surface area contributed by atoms with Crippen molar-refractivity contribution in [2.75, 3.05) is 0 Å². The third-order valence-corrected chi connectivity index (χ3v) is 2.93. The SMILES string of the molecule is CCC(N)Cc1cc(C)ccc1OC(C)C(N)=O. The van der Waals surface area contributed by atoms with Gasteiger partial charge in [-0.05, 0) is 38.3 Å². The number of hydrogen-bond acceptors (Lipinski definition) is 3. The summed E-state index contributed by atoms with van der Waals surface area (Å²) in [5.74, 6) is 0.220. The summed E-state index contributed by atoms with van der Waals surface area (Å²) in [5, 5.41) is 0. The van der Waals surface area contributed by atoms with E-state index in [-0.39, 0.29) is 6.04 Å². The van der Waals surface area contributed by atoms with E-state index in [1.165, 1.54) is 0 Å². The molecule has 1 aromatic rings. The van der Waals surface area contributed by atoms with Crippen molar-refractivity contribution in [3.05, 3.63) is 29.3 Å². The fourth-order valence-electron chi connectivity index (χ4n) is 1.66. The first-order valence-electron chi connectivity index (χ1n) is 6.25. The quantitative estimate of drug-likeness (QED) is 0.803. The van der Waals surface area contributed by atoms with Crippen LogP contribution >= 0.6 is 0 Å². The van der Waals surface area contributed by atoms with Gasteiger partial charge in [0, 0.05) is 6.04 Å². The first-order chi connectivity index (χ1) is 8.43. The highest BCUT2D eigenvalue weighted by Gasteiger charge is 2.14. The molecule has 100 valence electrons. The van der Waals surface area contributed by atoms with E-state index in [0.717, 1.165) is 24.0 Å². The number of nitrogens with two attached hydrogens (primary N) is 2. The van der Waals surface area contributed by atoms with Crippen LogP contribution in [0.1, 0.15) is 31.4 Å². The molecular weight excluding hydrogens is 228 g/mol. The molecule has 0 spiro atoms. The van der Waals surface area contributed by atoms with Crippen molar-refractivity contribution >= 4 is 5.91 Å². The molecule has 4 N–H and O–H groups in total. The molecule has 0 saturated carbocycles. The van der Waals surface area contributed by atoms with Crippen LogP contribution in [0.25, 0.3) is 0 Å². The van der Waals surface area contributed by atoms with Crippen LogP contribution < -0.4 is 16.2 Å². The maximum absolute atomic E-state index is 11.0. The number of carbonyl (C=O) groups excluding carboxylic acids is 1. The Hall–Kier alpha value is -1.55. The normalized spacial score (nSPS) is 14.0. The maximum atomic E-state index is 11.0. The number of amides is 1. The number of hydrogen-bond donors (Lipinski definition) is 2. The van der Waals surface area contributed by atoms with Crippen LogP contribution in [0.15, 0.2) is 18.2 Å². The van der Waals surface area contributed by atoms with Crippen LogP contribution in [0, 0.1) is 6.92 Å². The summed E-state index contributed by atoms with van der Waals surface area (Å²) in [6, 6.07) is 5.95. The van der Waals surface area contributed by atoms with Crippen molar-refractivity contribution in [3.8, 4) is 5.75 Å². The summed E-state index contributed by atoms with van der Waals surface area (Å²) in [7, 11) is 0. The van der Waals surface area contributed by atoms with Gasteiger partial charge in [0.25, 0.3) is 5.91 Å². The number of aryl methyl sites for hydroxylation is 1. The highest BCUT2D eigenvalue weighted by atomic mass is 16.5. The van der Waals surface area contributed by atoms with E-state index in [1.807, 2.05) is 32.0 Å². The van der Waals surface area contributed by atoms with Gasteiger partial charge in [-0.1, -0.05) is 24.6 Å². The predicted octanol–water partition coefficient (Wildman–Crippen LogP) is 1.53. The standard InChI is InChI=1S/C14H22N2O2/c1-4-12(15)8-11-7-9(2)5-6-13(11)18-10(3)14(16)17/h5-7,10,12H,4,8,15H2,1-3H3,(H2,16,17). The second-order valence-corrected chi connectivity index (χ2v) is 4.65. The largest absolute Gasteiger partial charge is 0.481 e. The summed E-state index contributed by atoms with van der Waals surface area (Å²) in [5.41, 5.74) is 13.3. The molecule has 0 radical (unpaired) electrons. The summed E-state index contributed by atoms with van der Waals surface area (Å²) in [6.07, 6.45) is 1.00. The molecule has 1 aromatic carbocycles. The fraction of sp³-hybridized carbons (Fsp3) is 0.500. The van der Waals surface area contributed by atoms with Crippen molar-refractivity contribution in [3.63, 3.8) is 0 Å². The highest BCUT2D eigenvalue weighted by molar-refractivity contribution is 5.78. The van der Waals surface area contributed by atoms with E-state index in [9.17, 15) is 4.79 Å². The number of benzene rings is 1. The van der Waals surface area contributed by atoms with Gasteiger partial charge in [-0.15, -0.1) is 0 Å². The van der Waals surface area contributed by atoms with Gasteiger partial charge in [0.2, 0.25) is 0 Å². The third-order valence-electron chi connectivity index (χ3n) is 2.93. The van der Waals surface area contributed by atoms with Crippen LogP contribution in [0.3, 0.4) is 0 Å². The van der Waals surface area contributed by atoms with Gasteiger partial charge < -0.3 is 16.2 Å². The number of carbonyl (C=O) groups is 1. The lowest BCUT2D eigenvalue weighted by Gasteiger charge is -2.17. The van der Waals surface area contributed by atoms with Crippen molar-refractivity contribution in [2.24, 2.45) is 11.5 Å². The lowest BCUT2D eigenvalue weighted by atomic mass is 10.0. The van der Waals surface area contributed by atoms with E-state index in [0.29, 0.717) is 5.75 Å². The second kappa shape index (κ2) is 6.40. The van der Waals surface area contributed by atoms with Crippen molar-refractivity contribution < 1.29 is 9.53 Å². The molecule has 0 aliphatic carbocycles. The molecule has 0 aliphatic rings. The van der Waals surface area contributed by atoms with Crippen LogP contribution in [-0.2, 0) is 11.2 Å². The zero-order valence-corrected chi connectivity index (χ0v) is 11.3. The van der Waals surface area contributed by atoms with Gasteiger partial charge >= 0.3 is 0 Å². The molecule has 2 atom stereocenters. The predicted molar refractivity (Wildman–Crippen MR) is 72.4 cm³/mol. The molecule has 0 heterocycles. The maximum Gasteiger partial charge on any atom is 0.258 e. The molecule has 18 heavy (non-hydrogen) atoms. The minimum absolute atomic E-state index is 0.0954. The Morgan fingerprint density at radius 1 is 1.44 bits per heavy atom. The van der Waals surface area contributed by atoms with Gasteiger partial charge in [0.1, 0.15) is 5.75 Å². The molecule has 0 fully saturated rings. The van der Waals surface area contributed by atoms with Crippen LogP contribution in [0.2, 0.25) is 0 Å². The molecule has 0 bridgehead atoms. The number of primary amides is 1. The van der Waals surface area contributed by atoms with Gasteiger partial charge in [0.05, 0.1) is 0 Å². The molecule has 0 saturated heterocycles.